The van der Waals surface area contributed by atoms with Crippen LogP contribution in [0.2, 0.25) is 0 Å². The van der Waals surface area contributed by atoms with Crippen molar-refractivity contribution in [3.8, 4) is 5.75 Å². The first-order valence-corrected chi connectivity index (χ1v) is 14.6. The highest BCUT2D eigenvalue weighted by Crippen LogP contribution is 2.42. The Balaban J connectivity index is 1.19. The first-order valence-electron chi connectivity index (χ1n) is 13.8. The van der Waals surface area contributed by atoms with Crippen molar-refractivity contribution in [2.45, 2.75) is 32.1 Å². The zero-order chi connectivity index (χ0) is 27.0. The largest absolute Gasteiger partial charge is 0.497 e. The fraction of sp³-hybridized carbons (Fsp3) is 0.375. The summed E-state index contributed by atoms with van der Waals surface area (Å²) in [6, 6.07) is 22.6. The van der Waals surface area contributed by atoms with Crippen molar-refractivity contribution in [2.75, 3.05) is 56.2 Å². The van der Waals surface area contributed by atoms with Crippen LogP contribution in [-0.4, -0.2) is 61.6 Å². The Labute approximate surface area is 235 Å². The van der Waals surface area contributed by atoms with E-state index in [1.165, 1.54) is 21.2 Å². The molecule has 0 radical (unpaired) electrons. The van der Waals surface area contributed by atoms with Gasteiger partial charge in [-0.2, -0.15) is 4.37 Å². The number of methoxy groups -OCH3 is 1. The van der Waals surface area contributed by atoms with Gasteiger partial charge < -0.3 is 14.5 Å². The summed E-state index contributed by atoms with van der Waals surface area (Å²) in [6.07, 6.45) is 1.85. The lowest BCUT2D eigenvalue weighted by Crippen LogP contribution is -2.47. The van der Waals surface area contributed by atoms with Gasteiger partial charge in [0.15, 0.2) is 0 Å². The predicted molar refractivity (Wildman–Crippen MR) is 161 cm³/mol. The number of para-hydroxylation sites is 1. The number of hydrogen-bond acceptors (Lipinski definition) is 6. The number of aromatic nitrogens is 1. The first-order chi connectivity index (χ1) is 18.9. The van der Waals surface area contributed by atoms with Crippen LogP contribution in [0, 0.1) is 0 Å². The van der Waals surface area contributed by atoms with Gasteiger partial charge in [0.25, 0.3) is 5.91 Å². The Kier molecular flexibility index (Phi) is 7.04. The fourth-order valence-electron chi connectivity index (χ4n) is 5.97. The average Bonchev–Trinajstić information content (AvgIpc) is 3.40. The quantitative estimate of drug-likeness (QED) is 0.300. The van der Waals surface area contributed by atoms with E-state index in [1.807, 2.05) is 29.2 Å². The predicted octanol–water partition coefficient (Wildman–Crippen LogP) is 6.00. The van der Waals surface area contributed by atoms with Crippen molar-refractivity contribution in [1.29, 1.82) is 0 Å². The third kappa shape index (κ3) is 5.01. The minimum Gasteiger partial charge on any atom is -0.497 e. The zero-order valence-corrected chi connectivity index (χ0v) is 23.8. The van der Waals surface area contributed by atoms with E-state index in [0.717, 1.165) is 57.1 Å². The highest BCUT2D eigenvalue weighted by atomic mass is 32.1. The molecule has 202 valence electrons. The van der Waals surface area contributed by atoms with Gasteiger partial charge in [0.1, 0.15) is 11.6 Å². The molecule has 1 aromatic heterocycles. The Morgan fingerprint density at radius 2 is 1.77 bits per heavy atom. The van der Waals surface area contributed by atoms with Crippen LogP contribution < -0.4 is 14.5 Å². The zero-order valence-electron chi connectivity index (χ0n) is 23.0. The maximum atomic E-state index is 13.8. The summed E-state index contributed by atoms with van der Waals surface area (Å²) >= 11 is 1.59. The summed E-state index contributed by atoms with van der Waals surface area (Å²) in [5, 5.41) is 1.26. The molecule has 0 saturated carbocycles. The van der Waals surface area contributed by atoms with Crippen molar-refractivity contribution in [3.05, 3.63) is 83.4 Å². The summed E-state index contributed by atoms with van der Waals surface area (Å²) < 4.78 is 11.4. The van der Waals surface area contributed by atoms with Crippen molar-refractivity contribution in [1.82, 2.24) is 9.27 Å². The summed E-state index contributed by atoms with van der Waals surface area (Å²) in [7, 11) is 1.64. The molecule has 0 atom stereocenters. The van der Waals surface area contributed by atoms with Crippen LogP contribution in [0.3, 0.4) is 0 Å². The van der Waals surface area contributed by atoms with Gasteiger partial charge in [0, 0.05) is 50.2 Å². The molecule has 0 N–H and O–H groups in total. The molecule has 2 aliphatic heterocycles. The number of fused-ring (bicyclic) bond motifs is 2. The van der Waals surface area contributed by atoms with Gasteiger partial charge in [0.05, 0.1) is 17.5 Å². The van der Waals surface area contributed by atoms with E-state index in [-0.39, 0.29) is 11.3 Å². The van der Waals surface area contributed by atoms with Gasteiger partial charge in [-0.05, 0) is 71.2 Å². The number of anilines is 2. The summed E-state index contributed by atoms with van der Waals surface area (Å²) in [5.41, 5.74) is 4.32. The van der Waals surface area contributed by atoms with E-state index in [2.05, 4.69) is 66.1 Å². The maximum absolute atomic E-state index is 13.8. The Hall–Kier alpha value is -3.42. The van der Waals surface area contributed by atoms with Crippen LogP contribution in [0.25, 0.3) is 10.1 Å². The SMILES string of the molecule is COc1cccc(C(=O)N2CCC(C)(C)c3cccc(CCN4CCN(c5nsc6ccccc56)CC4)c32)c1. The van der Waals surface area contributed by atoms with Crippen molar-refractivity contribution >= 4 is 39.0 Å². The second-order valence-corrected chi connectivity index (χ2v) is 12.0. The molecular weight excluding hydrogens is 504 g/mol. The Morgan fingerprint density at radius 3 is 2.59 bits per heavy atom. The van der Waals surface area contributed by atoms with Crippen LogP contribution in [0.1, 0.15) is 41.8 Å². The highest BCUT2D eigenvalue weighted by Gasteiger charge is 2.35. The van der Waals surface area contributed by atoms with Gasteiger partial charge in [-0.1, -0.05) is 50.2 Å². The third-order valence-electron chi connectivity index (χ3n) is 8.37. The Morgan fingerprint density at radius 1 is 0.974 bits per heavy atom. The molecule has 0 aliphatic carbocycles. The van der Waals surface area contributed by atoms with Crippen LogP contribution >= 0.6 is 11.5 Å². The molecule has 1 fully saturated rings. The topological polar surface area (TPSA) is 48.9 Å². The molecular formula is C32H36N4O2S. The smallest absolute Gasteiger partial charge is 0.258 e. The van der Waals surface area contributed by atoms with Gasteiger partial charge in [-0.15, -0.1) is 0 Å². The van der Waals surface area contributed by atoms with E-state index < -0.39 is 0 Å². The van der Waals surface area contributed by atoms with Crippen LogP contribution in [0.15, 0.2) is 66.7 Å². The molecule has 39 heavy (non-hydrogen) atoms. The minimum atomic E-state index is 0.0262. The Bertz CT molecular complexity index is 1490. The van der Waals surface area contributed by atoms with Crippen molar-refractivity contribution in [2.24, 2.45) is 0 Å². The first kappa shape index (κ1) is 25.8. The van der Waals surface area contributed by atoms with Crippen LogP contribution in [0.4, 0.5) is 11.5 Å². The number of benzene rings is 3. The number of nitrogens with zero attached hydrogens (tertiary/aromatic N) is 4. The number of amides is 1. The molecule has 3 heterocycles. The number of piperazine rings is 1. The number of carbonyl (C=O) groups excluding carboxylic acids is 1. The molecule has 6 nitrogen and oxygen atoms in total. The lowest BCUT2D eigenvalue weighted by molar-refractivity contribution is 0.0981. The summed E-state index contributed by atoms with van der Waals surface area (Å²) in [6.45, 7) is 10.3. The lowest BCUT2D eigenvalue weighted by Gasteiger charge is -2.41. The summed E-state index contributed by atoms with van der Waals surface area (Å²) in [4.78, 5) is 20.8. The van der Waals surface area contributed by atoms with E-state index in [9.17, 15) is 4.79 Å². The number of carbonyl (C=O) groups is 1. The van der Waals surface area contributed by atoms with Gasteiger partial charge in [-0.25, -0.2) is 0 Å². The molecule has 1 amide bonds. The second kappa shape index (κ2) is 10.6. The average molecular weight is 541 g/mol. The molecule has 1 saturated heterocycles. The van der Waals surface area contributed by atoms with E-state index in [1.54, 1.807) is 18.6 Å². The van der Waals surface area contributed by atoms with Gasteiger partial charge in [0.2, 0.25) is 0 Å². The number of rotatable bonds is 6. The van der Waals surface area contributed by atoms with E-state index >= 15 is 0 Å². The fourth-order valence-corrected chi connectivity index (χ4v) is 6.77. The lowest BCUT2D eigenvalue weighted by atomic mass is 9.76. The standard InChI is InChI=1S/C32H36N4O2S/c1-32(2)15-17-36(31(37)24-9-6-10-25(22-24)38-3)29-23(8-7-12-27(29)32)14-16-34-18-20-35(21-19-34)30-26-11-4-5-13-28(26)39-33-30/h4-13,22H,14-21H2,1-3H3. The molecule has 2 aliphatic rings. The molecule has 6 rings (SSSR count). The van der Waals surface area contributed by atoms with Gasteiger partial charge >= 0.3 is 0 Å². The molecule has 0 bridgehead atoms. The monoisotopic (exact) mass is 540 g/mol. The molecule has 3 aromatic carbocycles. The van der Waals surface area contributed by atoms with Crippen LogP contribution in [-0.2, 0) is 11.8 Å². The van der Waals surface area contributed by atoms with Gasteiger partial charge in [-0.3, -0.25) is 9.69 Å². The third-order valence-corrected chi connectivity index (χ3v) is 9.19. The molecule has 0 unspecified atom stereocenters. The maximum Gasteiger partial charge on any atom is 0.258 e. The number of ether oxygens (including phenoxy) is 1. The van der Waals surface area contributed by atoms with Crippen LogP contribution in [0.5, 0.6) is 5.75 Å². The minimum absolute atomic E-state index is 0.0262. The van der Waals surface area contributed by atoms with Crippen molar-refractivity contribution < 1.29 is 9.53 Å². The second-order valence-electron chi connectivity index (χ2n) is 11.2. The number of hydrogen-bond donors (Lipinski definition) is 0. The molecule has 0 spiro atoms. The highest BCUT2D eigenvalue weighted by molar-refractivity contribution is 7.13. The summed E-state index contributed by atoms with van der Waals surface area (Å²) in [5.74, 6) is 1.88. The van der Waals surface area contributed by atoms with Crippen molar-refractivity contribution in [3.63, 3.8) is 0 Å². The van der Waals surface area contributed by atoms with E-state index in [4.69, 9.17) is 9.11 Å². The molecule has 4 aromatic rings. The molecule has 7 heteroatoms. The van der Waals surface area contributed by atoms with E-state index in [0.29, 0.717) is 17.9 Å². The normalized spacial score (nSPS) is 17.3.